The van der Waals surface area contributed by atoms with E-state index in [0.717, 1.165) is 18.7 Å². The van der Waals surface area contributed by atoms with E-state index in [1.165, 1.54) is 23.5 Å². The van der Waals surface area contributed by atoms with E-state index in [1.54, 1.807) is 16.4 Å². The monoisotopic (exact) mass is 524 g/mol. The normalized spacial score (nSPS) is 12.0. The standard InChI is InChI=1S/C22H20ClF3N6O2S/c1-31(2)5-6-32-11-27-19(30-32)18-15(23)10-35-21(18)29-17(33)9-13-7-12-8-14(22(24,25)26)3-4-16(12)28-20(13)34/h3-4,7-8,10-11H,5-6,9H2,1-2H3,(H,28,34)(H,29,33). The number of hydrogen-bond donors (Lipinski definition) is 2. The molecule has 0 radical (unpaired) electrons. The second-order valence-corrected chi connectivity index (χ2v) is 9.36. The minimum Gasteiger partial charge on any atom is -0.322 e. The van der Waals surface area contributed by atoms with Gasteiger partial charge < -0.3 is 15.2 Å². The number of aromatic nitrogens is 4. The van der Waals surface area contributed by atoms with E-state index in [1.807, 2.05) is 19.0 Å². The summed E-state index contributed by atoms with van der Waals surface area (Å²) in [7, 11) is 3.88. The Bertz CT molecular complexity index is 1440. The zero-order valence-corrected chi connectivity index (χ0v) is 20.2. The SMILES string of the molecule is CN(C)CCn1cnc(-c2c(Cl)csc2NC(=O)Cc2cc3cc(C(F)(F)F)ccc3[nH]c2=O)n1. The number of aromatic amines is 1. The number of nitrogens with one attached hydrogen (secondary N) is 2. The van der Waals surface area contributed by atoms with Crippen molar-refractivity contribution in [3.63, 3.8) is 0 Å². The van der Waals surface area contributed by atoms with E-state index < -0.39 is 23.2 Å². The van der Waals surface area contributed by atoms with Gasteiger partial charge in [0.1, 0.15) is 11.3 Å². The molecule has 4 rings (SSSR count). The highest BCUT2D eigenvalue weighted by atomic mass is 35.5. The van der Waals surface area contributed by atoms with Gasteiger partial charge in [0.25, 0.3) is 5.56 Å². The van der Waals surface area contributed by atoms with Crippen molar-refractivity contribution in [2.24, 2.45) is 0 Å². The highest BCUT2D eigenvalue weighted by Crippen LogP contribution is 2.38. The van der Waals surface area contributed by atoms with E-state index in [4.69, 9.17) is 11.6 Å². The lowest BCUT2D eigenvalue weighted by atomic mass is 10.1. The van der Waals surface area contributed by atoms with Crippen LogP contribution in [0.15, 0.2) is 40.8 Å². The Balaban J connectivity index is 1.54. The van der Waals surface area contributed by atoms with Crippen LogP contribution in [0, 0.1) is 0 Å². The minimum atomic E-state index is -4.52. The first-order chi connectivity index (χ1) is 16.5. The predicted molar refractivity (Wildman–Crippen MR) is 129 cm³/mol. The molecule has 2 N–H and O–H groups in total. The second kappa shape index (κ2) is 9.80. The van der Waals surface area contributed by atoms with Crippen LogP contribution >= 0.6 is 22.9 Å². The van der Waals surface area contributed by atoms with Crippen molar-refractivity contribution in [1.82, 2.24) is 24.6 Å². The van der Waals surface area contributed by atoms with Gasteiger partial charge >= 0.3 is 6.18 Å². The Morgan fingerprint density at radius 3 is 2.77 bits per heavy atom. The van der Waals surface area contributed by atoms with Crippen molar-refractivity contribution < 1.29 is 18.0 Å². The average Bonchev–Trinajstić information content (AvgIpc) is 3.38. The van der Waals surface area contributed by atoms with Crippen LogP contribution in [0.5, 0.6) is 0 Å². The predicted octanol–water partition coefficient (Wildman–Crippen LogP) is 4.26. The Kier molecular flexibility index (Phi) is 6.97. The van der Waals surface area contributed by atoms with Gasteiger partial charge in [0, 0.05) is 23.0 Å². The number of halogens is 4. The van der Waals surface area contributed by atoms with Crippen molar-refractivity contribution in [3.8, 4) is 11.4 Å². The summed E-state index contributed by atoms with van der Waals surface area (Å²) in [6, 6.07) is 4.30. The first-order valence-corrected chi connectivity index (χ1v) is 11.6. The third kappa shape index (κ3) is 5.72. The summed E-state index contributed by atoms with van der Waals surface area (Å²) in [5, 5.41) is 9.70. The molecule has 1 aromatic carbocycles. The number of pyridine rings is 1. The lowest BCUT2D eigenvalue weighted by Gasteiger charge is -2.09. The molecule has 0 atom stereocenters. The van der Waals surface area contributed by atoms with Gasteiger partial charge in [-0.15, -0.1) is 11.3 Å². The molecule has 13 heteroatoms. The smallest absolute Gasteiger partial charge is 0.322 e. The van der Waals surface area contributed by atoms with E-state index in [9.17, 15) is 22.8 Å². The number of hydrogen-bond acceptors (Lipinski definition) is 6. The van der Waals surface area contributed by atoms with Crippen LogP contribution in [-0.2, 0) is 23.9 Å². The molecule has 1 amide bonds. The first kappa shape index (κ1) is 24.9. The summed E-state index contributed by atoms with van der Waals surface area (Å²) < 4.78 is 40.8. The average molecular weight is 525 g/mol. The van der Waals surface area contributed by atoms with Gasteiger partial charge in [-0.3, -0.25) is 14.3 Å². The molecule has 8 nitrogen and oxygen atoms in total. The lowest BCUT2D eigenvalue weighted by Crippen LogP contribution is -2.21. The van der Waals surface area contributed by atoms with Gasteiger partial charge in [-0.2, -0.15) is 18.3 Å². The third-order valence-corrected chi connectivity index (χ3v) is 6.46. The molecule has 3 aromatic heterocycles. The molecule has 0 aliphatic heterocycles. The second-order valence-electron chi connectivity index (χ2n) is 8.07. The third-order valence-electron chi connectivity index (χ3n) is 5.13. The summed E-state index contributed by atoms with van der Waals surface area (Å²) in [6.07, 6.45) is -3.30. The van der Waals surface area contributed by atoms with Crippen LogP contribution < -0.4 is 10.9 Å². The zero-order chi connectivity index (χ0) is 25.3. The molecule has 0 aliphatic carbocycles. The molecule has 3 heterocycles. The molecular formula is C22H20ClF3N6O2S. The van der Waals surface area contributed by atoms with Gasteiger partial charge in [-0.1, -0.05) is 11.6 Å². The Morgan fingerprint density at radius 1 is 1.29 bits per heavy atom. The number of likely N-dealkylation sites (N-methyl/N-ethyl adjacent to an activating group) is 1. The summed E-state index contributed by atoms with van der Waals surface area (Å²) >= 11 is 7.49. The number of carbonyl (C=O) groups excluding carboxylic acids is 1. The van der Waals surface area contributed by atoms with Crippen LogP contribution in [0.25, 0.3) is 22.3 Å². The number of fused-ring (bicyclic) bond motifs is 1. The van der Waals surface area contributed by atoms with E-state index in [0.29, 0.717) is 28.0 Å². The summed E-state index contributed by atoms with van der Waals surface area (Å²) in [5.41, 5.74) is -0.670. The van der Waals surface area contributed by atoms with Crippen LogP contribution in [0.4, 0.5) is 18.2 Å². The largest absolute Gasteiger partial charge is 0.416 e. The first-order valence-electron chi connectivity index (χ1n) is 10.4. The molecule has 0 fully saturated rings. The molecule has 0 saturated heterocycles. The molecule has 0 unspecified atom stereocenters. The van der Waals surface area contributed by atoms with Gasteiger partial charge in [0.2, 0.25) is 5.91 Å². The maximum absolute atomic E-state index is 13.0. The Hall–Kier alpha value is -3.22. The van der Waals surface area contributed by atoms with Gasteiger partial charge in [0.15, 0.2) is 5.82 Å². The van der Waals surface area contributed by atoms with Crippen molar-refractivity contribution in [1.29, 1.82) is 0 Å². The molecule has 0 saturated carbocycles. The fraction of sp³-hybridized carbons (Fsp3) is 0.273. The fourth-order valence-corrected chi connectivity index (χ4v) is 4.56. The van der Waals surface area contributed by atoms with Crippen molar-refractivity contribution in [2.75, 3.05) is 26.0 Å². The number of amides is 1. The number of thiophene rings is 1. The molecule has 0 spiro atoms. The molecule has 0 aliphatic rings. The van der Waals surface area contributed by atoms with Gasteiger partial charge in [-0.05, 0) is 43.7 Å². The van der Waals surface area contributed by atoms with Crippen molar-refractivity contribution >= 4 is 44.7 Å². The molecule has 0 bridgehead atoms. The number of benzene rings is 1. The number of anilines is 1. The van der Waals surface area contributed by atoms with E-state index >= 15 is 0 Å². The topological polar surface area (TPSA) is 95.9 Å². The summed E-state index contributed by atoms with van der Waals surface area (Å²) in [6.45, 7) is 1.37. The highest BCUT2D eigenvalue weighted by molar-refractivity contribution is 7.15. The van der Waals surface area contributed by atoms with E-state index in [2.05, 4.69) is 20.4 Å². The molecular weight excluding hydrogens is 505 g/mol. The van der Waals surface area contributed by atoms with E-state index in [-0.39, 0.29) is 22.9 Å². The zero-order valence-electron chi connectivity index (χ0n) is 18.6. The van der Waals surface area contributed by atoms with Crippen LogP contribution in [-0.4, -0.2) is 51.2 Å². The number of alkyl halides is 3. The van der Waals surface area contributed by atoms with Gasteiger partial charge in [0.05, 0.1) is 29.1 Å². The Labute approximate surface area is 206 Å². The van der Waals surface area contributed by atoms with Crippen LogP contribution in [0.3, 0.4) is 0 Å². The van der Waals surface area contributed by atoms with Crippen LogP contribution in [0.2, 0.25) is 5.02 Å². The molecule has 184 valence electrons. The molecule has 35 heavy (non-hydrogen) atoms. The van der Waals surface area contributed by atoms with Crippen LogP contribution in [0.1, 0.15) is 11.1 Å². The maximum Gasteiger partial charge on any atom is 0.416 e. The van der Waals surface area contributed by atoms with Gasteiger partial charge in [-0.25, -0.2) is 4.98 Å². The Morgan fingerprint density at radius 2 is 2.06 bits per heavy atom. The number of rotatable bonds is 7. The highest BCUT2D eigenvalue weighted by Gasteiger charge is 2.30. The number of carbonyl (C=O) groups is 1. The molecule has 4 aromatic rings. The summed E-state index contributed by atoms with van der Waals surface area (Å²) in [4.78, 5) is 34.0. The van der Waals surface area contributed by atoms with Crippen molar-refractivity contribution in [3.05, 3.63) is 62.5 Å². The minimum absolute atomic E-state index is 0.0321. The van der Waals surface area contributed by atoms with Crippen molar-refractivity contribution in [2.45, 2.75) is 19.1 Å². The quantitative estimate of drug-likeness (QED) is 0.376. The fourth-order valence-electron chi connectivity index (χ4n) is 3.36. The maximum atomic E-state index is 13.0. The number of nitrogens with zero attached hydrogens (tertiary/aromatic N) is 4. The summed E-state index contributed by atoms with van der Waals surface area (Å²) in [5.74, 6) is -0.192. The number of H-pyrrole nitrogens is 1. The lowest BCUT2D eigenvalue weighted by molar-refractivity contribution is -0.137.